The lowest BCUT2D eigenvalue weighted by molar-refractivity contribution is 0.647. The number of nitrogens with zero attached hydrogens (tertiary/aromatic N) is 3. The van der Waals surface area contributed by atoms with E-state index in [2.05, 4.69) is 21.5 Å². The minimum Gasteiger partial charge on any atom is -0.330 e. The van der Waals surface area contributed by atoms with Gasteiger partial charge in [-0.1, -0.05) is 0 Å². The molecular weight excluding hydrogens is 200 g/mol. The molecule has 0 unspecified atom stereocenters. The second kappa shape index (κ2) is 4.22. The summed E-state index contributed by atoms with van der Waals surface area (Å²) in [5, 5.41) is 0. The number of pyridine rings is 1. The van der Waals surface area contributed by atoms with Crippen LogP contribution in [0.15, 0.2) is 6.20 Å². The van der Waals surface area contributed by atoms with Gasteiger partial charge < -0.3 is 10.3 Å². The maximum absolute atomic E-state index is 5.56. The maximum Gasteiger partial charge on any atom is 0.107 e. The minimum atomic E-state index is 0.711. The summed E-state index contributed by atoms with van der Waals surface area (Å²) >= 11 is 0. The van der Waals surface area contributed by atoms with Gasteiger partial charge in [0.15, 0.2) is 0 Å². The Morgan fingerprint density at radius 3 is 2.75 bits per heavy atom. The van der Waals surface area contributed by atoms with Gasteiger partial charge in [0.05, 0.1) is 11.7 Å². The Hall–Kier alpha value is -1.42. The van der Waals surface area contributed by atoms with Crippen LogP contribution >= 0.6 is 0 Å². The van der Waals surface area contributed by atoms with Gasteiger partial charge in [-0.05, 0) is 39.3 Å². The highest BCUT2D eigenvalue weighted by Crippen LogP contribution is 2.21. The van der Waals surface area contributed by atoms with Crippen molar-refractivity contribution in [1.82, 2.24) is 14.5 Å². The van der Waals surface area contributed by atoms with E-state index in [0.29, 0.717) is 6.54 Å². The van der Waals surface area contributed by atoms with Gasteiger partial charge in [0.25, 0.3) is 0 Å². The average molecular weight is 218 g/mol. The third-order valence-corrected chi connectivity index (χ3v) is 3.05. The Kier molecular flexibility index (Phi) is 2.92. The number of hydrogen-bond acceptors (Lipinski definition) is 3. The van der Waals surface area contributed by atoms with Crippen LogP contribution in [0.1, 0.15) is 23.5 Å². The zero-order valence-electron chi connectivity index (χ0n) is 10.1. The SMILES string of the molecule is Cc1ncc2nc(C)n(CCCN)c2c1C. The molecule has 86 valence electrons. The Morgan fingerprint density at radius 2 is 2.06 bits per heavy atom. The van der Waals surface area contributed by atoms with E-state index in [4.69, 9.17) is 5.73 Å². The molecule has 0 amide bonds. The first kappa shape index (κ1) is 11.1. The van der Waals surface area contributed by atoms with E-state index in [9.17, 15) is 0 Å². The van der Waals surface area contributed by atoms with Crippen molar-refractivity contribution in [3.05, 3.63) is 23.3 Å². The molecule has 0 fully saturated rings. The molecule has 0 atom stereocenters. The van der Waals surface area contributed by atoms with E-state index in [0.717, 1.165) is 30.0 Å². The minimum absolute atomic E-state index is 0.711. The first-order valence-corrected chi connectivity index (χ1v) is 5.64. The van der Waals surface area contributed by atoms with E-state index in [1.54, 1.807) is 0 Å². The summed E-state index contributed by atoms with van der Waals surface area (Å²) in [6.45, 7) is 7.81. The van der Waals surface area contributed by atoms with Crippen molar-refractivity contribution >= 4 is 11.0 Å². The largest absolute Gasteiger partial charge is 0.330 e. The quantitative estimate of drug-likeness (QED) is 0.853. The average Bonchev–Trinajstić information content (AvgIpc) is 2.58. The molecule has 0 saturated heterocycles. The number of aromatic nitrogens is 3. The normalized spacial score (nSPS) is 11.2. The zero-order valence-corrected chi connectivity index (χ0v) is 10.1. The van der Waals surface area contributed by atoms with Crippen LogP contribution in [0.2, 0.25) is 0 Å². The van der Waals surface area contributed by atoms with Crippen LogP contribution in [0, 0.1) is 20.8 Å². The summed E-state index contributed by atoms with van der Waals surface area (Å²) in [6, 6.07) is 0. The van der Waals surface area contributed by atoms with Crippen LogP contribution in [0.4, 0.5) is 0 Å². The molecule has 0 radical (unpaired) electrons. The van der Waals surface area contributed by atoms with Gasteiger partial charge in [-0.3, -0.25) is 4.98 Å². The zero-order chi connectivity index (χ0) is 11.7. The third-order valence-electron chi connectivity index (χ3n) is 3.05. The summed E-state index contributed by atoms with van der Waals surface area (Å²) in [5.41, 5.74) is 10.0. The Labute approximate surface area is 95.5 Å². The molecule has 4 heteroatoms. The fraction of sp³-hybridized carbons (Fsp3) is 0.500. The summed E-state index contributed by atoms with van der Waals surface area (Å²) in [4.78, 5) is 8.87. The smallest absolute Gasteiger partial charge is 0.107 e. The van der Waals surface area contributed by atoms with Crippen molar-refractivity contribution in [1.29, 1.82) is 0 Å². The molecule has 4 nitrogen and oxygen atoms in total. The second-order valence-electron chi connectivity index (χ2n) is 4.16. The van der Waals surface area contributed by atoms with Crippen molar-refractivity contribution < 1.29 is 0 Å². The van der Waals surface area contributed by atoms with Gasteiger partial charge >= 0.3 is 0 Å². The highest BCUT2D eigenvalue weighted by Gasteiger charge is 2.11. The summed E-state index contributed by atoms with van der Waals surface area (Å²) in [7, 11) is 0. The van der Waals surface area contributed by atoms with Crippen LogP contribution in [-0.4, -0.2) is 21.1 Å². The molecule has 0 spiro atoms. The number of imidazole rings is 1. The number of hydrogen-bond donors (Lipinski definition) is 1. The van der Waals surface area contributed by atoms with Crippen molar-refractivity contribution in [2.75, 3.05) is 6.54 Å². The van der Waals surface area contributed by atoms with Gasteiger partial charge in [0.1, 0.15) is 11.3 Å². The van der Waals surface area contributed by atoms with Gasteiger partial charge in [0, 0.05) is 12.2 Å². The second-order valence-corrected chi connectivity index (χ2v) is 4.16. The predicted octanol–water partition coefficient (Wildman–Crippen LogP) is 1.71. The highest BCUT2D eigenvalue weighted by molar-refractivity contribution is 5.79. The Bertz CT molecular complexity index is 513. The Morgan fingerprint density at radius 1 is 1.31 bits per heavy atom. The lowest BCUT2D eigenvalue weighted by atomic mass is 10.2. The molecule has 2 heterocycles. The van der Waals surface area contributed by atoms with Crippen LogP contribution in [0.5, 0.6) is 0 Å². The topological polar surface area (TPSA) is 56.7 Å². The van der Waals surface area contributed by atoms with Crippen LogP contribution < -0.4 is 5.73 Å². The predicted molar refractivity (Wildman–Crippen MR) is 65.4 cm³/mol. The fourth-order valence-electron chi connectivity index (χ4n) is 2.02. The van der Waals surface area contributed by atoms with E-state index in [1.165, 1.54) is 11.1 Å². The first-order valence-electron chi connectivity index (χ1n) is 5.64. The van der Waals surface area contributed by atoms with Gasteiger partial charge in [-0.25, -0.2) is 4.98 Å². The summed E-state index contributed by atoms with van der Waals surface area (Å²) in [6.07, 6.45) is 2.83. The maximum atomic E-state index is 5.56. The van der Waals surface area contributed by atoms with E-state index >= 15 is 0 Å². The Balaban J connectivity index is 2.61. The monoisotopic (exact) mass is 218 g/mol. The molecule has 16 heavy (non-hydrogen) atoms. The molecule has 2 aromatic rings. The third kappa shape index (κ3) is 1.69. The lowest BCUT2D eigenvalue weighted by Gasteiger charge is -2.08. The fourth-order valence-corrected chi connectivity index (χ4v) is 2.02. The van der Waals surface area contributed by atoms with Crippen molar-refractivity contribution in [2.24, 2.45) is 5.73 Å². The van der Waals surface area contributed by atoms with E-state index in [-0.39, 0.29) is 0 Å². The van der Waals surface area contributed by atoms with Crippen LogP contribution in [-0.2, 0) is 6.54 Å². The number of fused-ring (bicyclic) bond motifs is 1. The molecule has 0 aliphatic carbocycles. The number of nitrogens with two attached hydrogens (primary N) is 1. The van der Waals surface area contributed by atoms with Crippen molar-refractivity contribution in [2.45, 2.75) is 33.7 Å². The standard InChI is InChI=1S/C12H18N4/c1-8-9(2)14-7-11-12(8)16(6-4-5-13)10(3)15-11/h7H,4-6,13H2,1-3H3. The molecule has 0 saturated carbocycles. The highest BCUT2D eigenvalue weighted by atomic mass is 15.1. The number of rotatable bonds is 3. The lowest BCUT2D eigenvalue weighted by Crippen LogP contribution is -2.07. The molecule has 2 aromatic heterocycles. The van der Waals surface area contributed by atoms with E-state index < -0.39 is 0 Å². The molecule has 2 N–H and O–H groups in total. The van der Waals surface area contributed by atoms with Crippen LogP contribution in [0.25, 0.3) is 11.0 Å². The molecule has 0 aliphatic heterocycles. The first-order chi connectivity index (χ1) is 7.65. The molecular formula is C12H18N4. The van der Waals surface area contributed by atoms with Gasteiger partial charge in [0.2, 0.25) is 0 Å². The van der Waals surface area contributed by atoms with Crippen molar-refractivity contribution in [3.63, 3.8) is 0 Å². The molecule has 0 aliphatic rings. The van der Waals surface area contributed by atoms with Gasteiger partial charge in [-0.2, -0.15) is 0 Å². The van der Waals surface area contributed by atoms with Gasteiger partial charge in [-0.15, -0.1) is 0 Å². The van der Waals surface area contributed by atoms with E-state index in [1.807, 2.05) is 20.0 Å². The summed E-state index contributed by atoms with van der Waals surface area (Å²) in [5.74, 6) is 1.04. The molecule has 2 rings (SSSR count). The van der Waals surface area contributed by atoms with Crippen molar-refractivity contribution in [3.8, 4) is 0 Å². The number of aryl methyl sites for hydroxylation is 4. The molecule has 0 aromatic carbocycles. The molecule has 0 bridgehead atoms. The summed E-state index contributed by atoms with van der Waals surface area (Å²) < 4.78 is 2.24. The van der Waals surface area contributed by atoms with Crippen LogP contribution in [0.3, 0.4) is 0 Å².